The molecule has 1 aliphatic carbocycles. The van der Waals surface area contributed by atoms with E-state index >= 15 is 0 Å². The Hall–Kier alpha value is -1.56. The number of para-hydroxylation sites is 1. The van der Waals surface area contributed by atoms with Crippen molar-refractivity contribution in [2.75, 3.05) is 11.8 Å². The van der Waals surface area contributed by atoms with E-state index in [1.165, 1.54) is 38.2 Å². The molecule has 0 atom stereocenters. The van der Waals surface area contributed by atoms with Crippen molar-refractivity contribution >= 4 is 27.3 Å². The van der Waals surface area contributed by atoms with Crippen LogP contribution >= 0.6 is 11.6 Å². The average Bonchev–Trinajstić information content (AvgIpc) is 2.64. The standard InChI is InChI=1S/C20H25ClN2O2S/c1-23(18-10-3-2-4-11-18)15-16-8-5-6-13-20(16)22-26(24,25)19-12-7-9-17(21)14-19/h5-9,12-14,18,22H,2-4,10-11,15H2,1H3. The topological polar surface area (TPSA) is 49.4 Å². The number of anilines is 1. The van der Waals surface area contributed by atoms with E-state index in [0.717, 1.165) is 12.1 Å². The molecule has 0 bridgehead atoms. The van der Waals surface area contributed by atoms with E-state index < -0.39 is 10.0 Å². The smallest absolute Gasteiger partial charge is 0.261 e. The van der Waals surface area contributed by atoms with Crippen LogP contribution in [0, 0.1) is 0 Å². The lowest BCUT2D eigenvalue weighted by Gasteiger charge is -2.31. The summed E-state index contributed by atoms with van der Waals surface area (Å²) in [5.74, 6) is 0. The lowest BCUT2D eigenvalue weighted by molar-refractivity contribution is 0.185. The van der Waals surface area contributed by atoms with Gasteiger partial charge in [-0.15, -0.1) is 0 Å². The highest BCUT2D eigenvalue weighted by Crippen LogP contribution is 2.26. The number of benzene rings is 2. The van der Waals surface area contributed by atoms with Crippen molar-refractivity contribution in [2.24, 2.45) is 0 Å². The van der Waals surface area contributed by atoms with Crippen molar-refractivity contribution < 1.29 is 8.42 Å². The van der Waals surface area contributed by atoms with Gasteiger partial charge in [0.15, 0.2) is 0 Å². The van der Waals surface area contributed by atoms with Crippen LogP contribution in [0.5, 0.6) is 0 Å². The van der Waals surface area contributed by atoms with Gasteiger partial charge in [0.2, 0.25) is 0 Å². The van der Waals surface area contributed by atoms with E-state index in [2.05, 4.69) is 16.7 Å². The molecule has 4 nitrogen and oxygen atoms in total. The summed E-state index contributed by atoms with van der Waals surface area (Å²) in [6.07, 6.45) is 6.30. The fourth-order valence-electron chi connectivity index (χ4n) is 3.52. The van der Waals surface area contributed by atoms with Crippen LogP contribution in [0.4, 0.5) is 5.69 Å². The molecule has 6 heteroatoms. The molecular formula is C20H25ClN2O2S. The molecule has 2 aromatic carbocycles. The molecule has 1 N–H and O–H groups in total. The minimum atomic E-state index is -3.67. The fraction of sp³-hybridized carbons (Fsp3) is 0.400. The fourth-order valence-corrected chi connectivity index (χ4v) is 4.92. The molecule has 26 heavy (non-hydrogen) atoms. The van der Waals surface area contributed by atoms with Crippen molar-refractivity contribution in [1.82, 2.24) is 4.90 Å². The van der Waals surface area contributed by atoms with Gasteiger partial charge >= 0.3 is 0 Å². The summed E-state index contributed by atoms with van der Waals surface area (Å²) in [6.45, 7) is 0.721. The molecule has 0 heterocycles. The molecule has 0 spiro atoms. The molecular weight excluding hydrogens is 368 g/mol. The van der Waals surface area contributed by atoms with Gasteiger partial charge < -0.3 is 0 Å². The predicted octanol–water partition coefficient (Wildman–Crippen LogP) is 4.91. The number of rotatable bonds is 6. The summed E-state index contributed by atoms with van der Waals surface area (Å²) in [5, 5.41) is 0.401. The van der Waals surface area contributed by atoms with E-state index in [4.69, 9.17) is 11.6 Å². The Morgan fingerprint density at radius 2 is 1.81 bits per heavy atom. The summed E-state index contributed by atoms with van der Waals surface area (Å²) in [7, 11) is -1.55. The largest absolute Gasteiger partial charge is 0.299 e. The highest BCUT2D eigenvalue weighted by Gasteiger charge is 2.20. The van der Waals surface area contributed by atoms with Gasteiger partial charge in [0.25, 0.3) is 10.0 Å². The predicted molar refractivity (Wildman–Crippen MR) is 107 cm³/mol. The number of nitrogens with zero attached hydrogens (tertiary/aromatic N) is 1. The zero-order valence-electron chi connectivity index (χ0n) is 15.0. The third-order valence-corrected chi connectivity index (χ3v) is 6.58. The van der Waals surface area contributed by atoms with Gasteiger partial charge in [0.05, 0.1) is 10.6 Å². The normalized spacial score (nSPS) is 16.0. The van der Waals surface area contributed by atoms with Gasteiger partial charge in [-0.05, 0) is 49.7 Å². The monoisotopic (exact) mass is 392 g/mol. The van der Waals surface area contributed by atoms with Crippen molar-refractivity contribution in [3.8, 4) is 0 Å². The number of hydrogen-bond donors (Lipinski definition) is 1. The summed E-state index contributed by atoms with van der Waals surface area (Å²) >= 11 is 5.94. The Labute approximate surface area is 161 Å². The van der Waals surface area contributed by atoms with Gasteiger partial charge in [-0.3, -0.25) is 9.62 Å². The quantitative estimate of drug-likeness (QED) is 0.760. The van der Waals surface area contributed by atoms with Crippen LogP contribution in [0.1, 0.15) is 37.7 Å². The first-order chi connectivity index (χ1) is 12.5. The molecule has 3 rings (SSSR count). The minimum Gasteiger partial charge on any atom is -0.299 e. The van der Waals surface area contributed by atoms with E-state index in [1.54, 1.807) is 18.2 Å². The SMILES string of the molecule is CN(Cc1ccccc1NS(=O)(=O)c1cccc(Cl)c1)C1CCCCC1. The van der Waals surface area contributed by atoms with E-state index in [1.807, 2.05) is 24.3 Å². The number of halogens is 1. The van der Waals surface area contributed by atoms with Crippen molar-refractivity contribution in [1.29, 1.82) is 0 Å². The molecule has 0 radical (unpaired) electrons. The lowest BCUT2D eigenvalue weighted by Crippen LogP contribution is -2.33. The first-order valence-electron chi connectivity index (χ1n) is 9.02. The van der Waals surface area contributed by atoms with Gasteiger partial charge in [-0.2, -0.15) is 0 Å². The summed E-state index contributed by atoms with van der Waals surface area (Å²) < 4.78 is 28.1. The summed E-state index contributed by atoms with van der Waals surface area (Å²) in [4.78, 5) is 2.51. The second-order valence-electron chi connectivity index (χ2n) is 6.93. The Morgan fingerprint density at radius 3 is 2.54 bits per heavy atom. The van der Waals surface area contributed by atoms with E-state index in [0.29, 0.717) is 16.8 Å². The lowest BCUT2D eigenvalue weighted by atomic mass is 9.94. The molecule has 0 aliphatic heterocycles. The molecule has 140 valence electrons. The zero-order chi connectivity index (χ0) is 18.6. The molecule has 0 amide bonds. The van der Waals surface area contributed by atoms with E-state index in [9.17, 15) is 8.42 Å². The second kappa shape index (κ2) is 8.42. The molecule has 1 aliphatic rings. The average molecular weight is 393 g/mol. The summed E-state index contributed by atoms with van der Waals surface area (Å²) in [5.41, 5.74) is 1.60. The maximum atomic E-state index is 12.7. The summed E-state index contributed by atoms with van der Waals surface area (Å²) in [6, 6.07) is 14.5. The first kappa shape index (κ1) is 19.2. The maximum Gasteiger partial charge on any atom is 0.261 e. The van der Waals surface area contributed by atoms with Gasteiger partial charge in [0, 0.05) is 17.6 Å². The molecule has 1 saturated carbocycles. The number of hydrogen-bond acceptors (Lipinski definition) is 3. The maximum absolute atomic E-state index is 12.7. The molecule has 0 aromatic heterocycles. The van der Waals surface area contributed by atoms with Crippen molar-refractivity contribution in [3.05, 3.63) is 59.1 Å². The first-order valence-corrected chi connectivity index (χ1v) is 10.9. The minimum absolute atomic E-state index is 0.167. The second-order valence-corrected chi connectivity index (χ2v) is 9.05. The van der Waals surface area contributed by atoms with Crippen LogP contribution in [0.3, 0.4) is 0 Å². The van der Waals surface area contributed by atoms with Crippen LogP contribution in [0.2, 0.25) is 5.02 Å². The van der Waals surface area contributed by atoms with Crippen LogP contribution in [-0.2, 0) is 16.6 Å². The van der Waals surface area contributed by atoms with Gasteiger partial charge in [0.1, 0.15) is 0 Å². The Kier molecular flexibility index (Phi) is 6.22. The van der Waals surface area contributed by atoms with Gasteiger partial charge in [-0.1, -0.05) is 55.1 Å². The van der Waals surface area contributed by atoms with Crippen LogP contribution in [-0.4, -0.2) is 26.4 Å². The Morgan fingerprint density at radius 1 is 1.08 bits per heavy atom. The third kappa shape index (κ3) is 4.78. The number of nitrogens with one attached hydrogen (secondary N) is 1. The molecule has 0 saturated heterocycles. The Bertz CT molecular complexity index is 848. The van der Waals surface area contributed by atoms with Crippen LogP contribution < -0.4 is 4.72 Å². The zero-order valence-corrected chi connectivity index (χ0v) is 16.6. The third-order valence-electron chi connectivity index (χ3n) is 4.99. The van der Waals surface area contributed by atoms with Crippen molar-refractivity contribution in [2.45, 2.75) is 49.6 Å². The highest BCUT2D eigenvalue weighted by atomic mass is 35.5. The molecule has 2 aromatic rings. The van der Waals surface area contributed by atoms with Crippen LogP contribution in [0.15, 0.2) is 53.4 Å². The Balaban J connectivity index is 1.78. The number of sulfonamides is 1. The van der Waals surface area contributed by atoms with E-state index in [-0.39, 0.29) is 4.90 Å². The van der Waals surface area contributed by atoms with Crippen LogP contribution in [0.25, 0.3) is 0 Å². The van der Waals surface area contributed by atoms with Gasteiger partial charge in [-0.25, -0.2) is 8.42 Å². The molecule has 1 fully saturated rings. The highest BCUT2D eigenvalue weighted by molar-refractivity contribution is 7.92. The molecule has 0 unspecified atom stereocenters. The van der Waals surface area contributed by atoms with Crippen molar-refractivity contribution in [3.63, 3.8) is 0 Å².